The highest BCUT2D eigenvalue weighted by molar-refractivity contribution is 8.26. The Morgan fingerprint density at radius 1 is 1.29 bits per heavy atom. The molecule has 0 unspecified atom stereocenters. The van der Waals surface area contributed by atoms with E-state index in [1.54, 1.807) is 23.4 Å². The summed E-state index contributed by atoms with van der Waals surface area (Å²) in [5, 5.41) is 9.60. The molecule has 6 nitrogen and oxygen atoms in total. The first-order valence-corrected chi connectivity index (χ1v) is 12.0. The molecule has 0 aliphatic carbocycles. The van der Waals surface area contributed by atoms with Crippen LogP contribution in [-0.4, -0.2) is 39.3 Å². The summed E-state index contributed by atoms with van der Waals surface area (Å²) in [6, 6.07) is 2.06. The summed E-state index contributed by atoms with van der Waals surface area (Å²) < 4.78 is 2.13. The smallest absolute Gasteiger partial charge is 0.270 e. The molecule has 2 aliphatic rings. The lowest BCUT2D eigenvalue weighted by Gasteiger charge is -2.34. The minimum Gasteiger partial charge on any atom is -0.357 e. The number of nitriles is 1. The number of anilines is 1. The molecule has 2 fully saturated rings. The van der Waals surface area contributed by atoms with Crippen LogP contribution in [0.15, 0.2) is 9.70 Å². The Labute approximate surface area is 193 Å². The van der Waals surface area contributed by atoms with Crippen molar-refractivity contribution >= 4 is 46.1 Å². The number of hydrogen-bond donors (Lipinski definition) is 0. The molecule has 2 saturated heterocycles. The minimum absolute atomic E-state index is 0.0966. The summed E-state index contributed by atoms with van der Waals surface area (Å²) in [4.78, 5) is 30.4. The van der Waals surface area contributed by atoms with Crippen molar-refractivity contribution in [3.05, 3.63) is 31.9 Å². The van der Waals surface area contributed by atoms with E-state index in [1.165, 1.54) is 11.8 Å². The van der Waals surface area contributed by atoms with Gasteiger partial charge in [0, 0.05) is 32.2 Å². The predicted octanol–water partition coefficient (Wildman–Crippen LogP) is 4.05. The first-order chi connectivity index (χ1) is 14.6. The number of thioether (sulfide) groups is 1. The molecule has 3 heterocycles. The standard InChI is InChI=1S/C23H30N4O2S2/c1-14(2)6-11-27-22(29)19(31-23(27)30)12-17-16(4)18(13-24)21(28)25(5)20(17)26-9-7-15(3)8-10-26/h12,14-15H,6-11H2,1-5H3. The summed E-state index contributed by atoms with van der Waals surface area (Å²) in [5.41, 5.74) is 1.21. The molecular weight excluding hydrogens is 428 g/mol. The van der Waals surface area contributed by atoms with Crippen LogP contribution >= 0.6 is 24.0 Å². The van der Waals surface area contributed by atoms with Gasteiger partial charge in [-0.1, -0.05) is 44.8 Å². The molecule has 1 amide bonds. The maximum atomic E-state index is 13.1. The molecule has 0 spiro atoms. The molecule has 166 valence electrons. The number of piperidine rings is 1. The zero-order valence-corrected chi connectivity index (χ0v) is 20.5. The van der Waals surface area contributed by atoms with Gasteiger partial charge < -0.3 is 4.90 Å². The Balaban J connectivity index is 2.09. The molecule has 0 N–H and O–H groups in total. The van der Waals surface area contributed by atoms with Crippen molar-refractivity contribution < 1.29 is 4.79 Å². The minimum atomic E-state index is -0.296. The van der Waals surface area contributed by atoms with E-state index in [2.05, 4.69) is 31.7 Å². The first kappa shape index (κ1) is 23.6. The lowest BCUT2D eigenvalue weighted by atomic mass is 9.97. The van der Waals surface area contributed by atoms with Gasteiger partial charge in [0.25, 0.3) is 11.5 Å². The van der Waals surface area contributed by atoms with Gasteiger partial charge in [-0.25, -0.2) is 0 Å². The maximum Gasteiger partial charge on any atom is 0.270 e. The van der Waals surface area contributed by atoms with Crippen LogP contribution in [0.2, 0.25) is 0 Å². The molecule has 1 aromatic heterocycles. The quantitative estimate of drug-likeness (QED) is 0.490. The molecular formula is C23H30N4O2S2. The first-order valence-electron chi connectivity index (χ1n) is 10.8. The fraction of sp³-hybridized carbons (Fsp3) is 0.565. The van der Waals surface area contributed by atoms with E-state index in [1.807, 2.05) is 6.08 Å². The van der Waals surface area contributed by atoms with Gasteiger partial charge in [-0.05, 0) is 49.7 Å². The molecule has 0 saturated carbocycles. The van der Waals surface area contributed by atoms with Crippen LogP contribution < -0.4 is 10.5 Å². The highest BCUT2D eigenvalue weighted by Crippen LogP contribution is 2.36. The van der Waals surface area contributed by atoms with Crippen LogP contribution in [-0.2, 0) is 11.8 Å². The van der Waals surface area contributed by atoms with Gasteiger partial charge in [0.15, 0.2) is 0 Å². The number of pyridine rings is 1. The summed E-state index contributed by atoms with van der Waals surface area (Å²) in [6.45, 7) is 10.6. The average molecular weight is 459 g/mol. The molecule has 1 aromatic rings. The van der Waals surface area contributed by atoms with Crippen molar-refractivity contribution in [1.82, 2.24) is 9.47 Å². The van der Waals surface area contributed by atoms with Crippen LogP contribution in [0.5, 0.6) is 0 Å². The normalized spacial score (nSPS) is 19.1. The number of nitrogens with zero attached hydrogens (tertiary/aromatic N) is 4. The number of carbonyl (C=O) groups is 1. The third-order valence-corrected chi connectivity index (χ3v) is 7.51. The van der Waals surface area contributed by atoms with Crippen LogP contribution in [0.4, 0.5) is 5.82 Å². The van der Waals surface area contributed by atoms with Crippen molar-refractivity contribution in [1.29, 1.82) is 5.26 Å². The van der Waals surface area contributed by atoms with E-state index in [-0.39, 0.29) is 17.0 Å². The van der Waals surface area contributed by atoms with Crippen molar-refractivity contribution in [2.75, 3.05) is 24.5 Å². The Morgan fingerprint density at radius 2 is 1.94 bits per heavy atom. The van der Waals surface area contributed by atoms with Gasteiger partial charge in [0.1, 0.15) is 21.8 Å². The van der Waals surface area contributed by atoms with E-state index >= 15 is 0 Å². The number of aromatic nitrogens is 1. The zero-order chi connectivity index (χ0) is 22.9. The van der Waals surface area contributed by atoms with Crippen molar-refractivity contribution in [3.8, 4) is 6.07 Å². The van der Waals surface area contributed by atoms with Crippen LogP contribution in [0.25, 0.3) is 6.08 Å². The second kappa shape index (κ2) is 9.58. The molecule has 0 radical (unpaired) electrons. The summed E-state index contributed by atoms with van der Waals surface area (Å²) in [5.74, 6) is 1.81. The van der Waals surface area contributed by atoms with E-state index < -0.39 is 0 Å². The van der Waals surface area contributed by atoms with Crippen LogP contribution in [0.1, 0.15) is 56.7 Å². The van der Waals surface area contributed by atoms with E-state index in [0.717, 1.165) is 43.7 Å². The van der Waals surface area contributed by atoms with Crippen molar-refractivity contribution in [3.63, 3.8) is 0 Å². The largest absolute Gasteiger partial charge is 0.357 e. The lowest BCUT2D eigenvalue weighted by Crippen LogP contribution is -2.38. The van der Waals surface area contributed by atoms with E-state index in [4.69, 9.17) is 12.2 Å². The van der Waals surface area contributed by atoms with Gasteiger partial charge in [-0.2, -0.15) is 5.26 Å². The summed E-state index contributed by atoms with van der Waals surface area (Å²) in [7, 11) is 1.71. The lowest BCUT2D eigenvalue weighted by molar-refractivity contribution is -0.122. The predicted molar refractivity (Wildman–Crippen MR) is 131 cm³/mol. The van der Waals surface area contributed by atoms with E-state index in [9.17, 15) is 14.9 Å². The Kier molecular flexibility index (Phi) is 7.28. The fourth-order valence-corrected chi connectivity index (χ4v) is 5.32. The number of thiocarbonyl (C=S) groups is 1. The second-order valence-electron chi connectivity index (χ2n) is 8.90. The molecule has 2 aliphatic heterocycles. The van der Waals surface area contributed by atoms with Gasteiger partial charge in [0.05, 0.1) is 4.91 Å². The van der Waals surface area contributed by atoms with Crippen molar-refractivity contribution in [2.24, 2.45) is 18.9 Å². The van der Waals surface area contributed by atoms with Crippen LogP contribution in [0.3, 0.4) is 0 Å². The monoisotopic (exact) mass is 458 g/mol. The zero-order valence-electron chi connectivity index (χ0n) is 18.9. The number of amides is 1. The third kappa shape index (κ3) is 4.73. The molecule has 0 atom stereocenters. The highest BCUT2D eigenvalue weighted by Gasteiger charge is 2.33. The molecule has 0 bridgehead atoms. The Hall–Kier alpha value is -2.11. The molecule has 8 heteroatoms. The van der Waals surface area contributed by atoms with E-state index in [0.29, 0.717) is 33.2 Å². The van der Waals surface area contributed by atoms with Crippen LogP contribution in [0, 0.1) is 30.1 Å². The van der Waals surface area contributed by atoms with Crippen molar-refractivity contribution in [2.45, 2.75) is 47.0 Å². The summed E-state index contributed by atoms with van der Waals surface area (Å²) >= 11 is 6.77. The SMILES string of the molecule is Cc1c(C=C2SC(=S)N(CCC(C)C)C2=O)c(N2CCC(C)CC2)n(C)c(=O)c1C#N. The molecule has 3 rings (SSSR count). The fourth-order valence-electron chi connectivity index (χ4n) is 4.03. The topological polar surface area (TPSA) is 69.3 Å². The molecule has 31 heavy (non-hydrogen) atoms. The molecule has 0 aromatic carbocycles. The maximum absolute atomic E-state index is 13.1. The highest BCUT2D eigenvalue weighted by atomic mass is 32.2. The van der Waals surface area contributed by atoms with Gasteiger partial charge in [-0.3, -0.25) is 19.1 Å². The summed E-state index contributed by atoms with van der Waals surface area (Å²) in [6.07, 6.45) is 4.81. The van der Waals surface area contributed by atoms with Gasteiger partial charge in [0.2, 0.25) is 0 Å². The third-order valence-electron chi connectivity index (χ3n) is 6.13. The average Bonchev–Trinajstić information content (AvgIpc) is 2.99. The second-order valence-corrected chi connectivity index (χ2v) is 10.6. The number of carbonyl (C=O) groups excluding carboxylic acids is 1. The number of hydrogen-bond acceptors (Lipinski definition) is 6. The van der Waals surface area contributed by atoms with Gasteiger partial charge >= 0.3 is 0 Å². The van der Waals surface area contributed by atoms with Gasteiger partial charge in [-0.15, -0.1) is 0 Å². The Bertz CT molecular complexity index is 1030. The Morgan fingerprint density at radius 3 is 2.52 bits per heavy atom. The number of rotatable bonds is 5.